The molecular formula is C19H26N8O3S. The third kappa shape index (κ3) is 4.48. The summed E-state index contributed by atoms with van der Waals surface area (Å²) in [6, 6.07) is 2.33. The molecule has 2 saturated heterocycles. The van der Waals surface area contributed by atoms with E-state index in [4.69, 9.17) is 4.74 Å². The number of ether oxygens (including phenoxy) is 1. The van der Waals surface area contributed by atoms with Gasteiger partial charge in [-0.2, -0.15) is 19.6 Å². The SMILES string of the molecule is C[C@H]1COCCN1c1nc(NC2CCN(S(=O)(=O)c3cnn(C)c3)CC2)ncc1C#N. The molecule has 1 atom stereocenters. The fourth-order valence-electron chi connectivity index (χ4n) is 3.89. The molecule has 2 aliphatic rings. The Morgan fingerprint density at radius 2 is 2.03 bits per heavy atom. The first-order valence-electron chi connectivity index (χ1n) is 10.3. The highest BCUT2D eigenvalue weighted by molar-refractivity contribution is 7.89. The fraction of sp³-hybridized carbons (Fsp3) is 0.579. The summed E-state index contributed by atoms with van der Waals surface area (Å²) in [4.78, 5) is 11.2. The summed E-state index contributed by atoms with van der Waals surface area (Å²) in [5, 5.41) is 16.7. The van der Waals surface area contributed by atoms with Gasteiger partial charge in [0.25, 0.3) is 0 Å². The summed E-state index contributed by atoms with van der Waals surface area (Å²) in [6.45, 7) is 4.68. The lowest BCUT2D eigenvalue weighted by Gasteiger charge is -2.35. The molecule has 0 spiro atoms. The van der Waals surface area contributed by atoms with Crippen LogP contribution in [-0.2, 0) is 21.8 Å². The molecule has 0 aliphatic carbocycles. The van der Waals surface area contributed by atoms with Crippen molar-refractivity contribution in [2.75, 3.05) is 43.1 Å². The largest absolute Gasteiger partial charge is 0.377 e. The summed E-state index contributed by atoms with van der Waals surface area (Å²) in [6.07, 6.45) is 5.68. The van der Waals surface area contributed by atoms with Crippen LogP contribution in [0, 0.1) is 11.3 Å². The Hall–Kier alpha value is -2.75. The molecule has 0 saturated carbocycles. The second kappa shape index (κ2) is 8.78. The van der Waals surface area contributed by atoms with E-state index in [1.54, 1.807) is 7.05 Å². The number of anilines is 2. The van der Waals surface area contributed by atoms with Crippen LogP contribution in [0.2, 0.25) is 0 Å². The van der Waals surface area contributed by atoms with Gasteiger partial charge in [0.1, 0.15) is 16.5 Å². The number of rotatable bonds is 5. The highest BCUT2D eigenvalue weighted by atomic mass is 32.2. The van der Waals surface area contributed by atoms with Gasteiger partial charge < -0.3 is 15.0 Å². The van der Waals surface area contributed by atoms with Crippen molar-refractivity contribution < 1.29 is 13.2 Å². The number of sulfonamides is 1. The first-order chi connectivity index (χ1) is 14.9. The zero-order valence-corrected chi connectivity index (χ0v) is 18.4. The summed E-state index contributed by atoms with van der Waals surface area (Å²) >= 11 is 0. The highest BCUT2D eigenvalue weighted by Crippen LogP contribution is 2.25. The Labute approximate surface area is 181 Å². The number of hydrogen-bond acceptors (Lipinski definition) is 9. The Bertz CT molecular complexity index is 1070. The fourth-order valence-corrected chi connectivity index (χ4v) is 5.34. The molecule has 0 aromatic carbocycles. The number of piperidine rings is 1. The van der Waals surface area contributed by atoms with E-state index in [0.717, 1.165) is 0 Å². The van der Waals surface area contributed by atoms with E-state index in [2.05, 4.69) is 31.4 Å². The Balaban J connectivity index is 1.43. The minimum atomic E-state index is -3.54. The summed E-state index contributed by atoms with van der Waals surface area (Å²) in [5.41, 5.74) is 0.427. The lowest BCUT2D eigenvalue weighted by Crippen LogP contribution is -2.45. The second-order valence-corrected chi connectivity index (χ2v) is 9.77. The molecule has 4 heterocycles. The number of aromatic nitrogens is 4. The van der Waals surface area contributed by atoms with Crippen molar-refractivity contribution in [3.8, 4) is 6.07 Å². The van der Waals surface area contributed by atoms with Crippen molar-refractivity contribution in [3.63, 3.8) is 0 Å². The maximum atomic E-state index is 12.8. The van der Waals surface area contributed by atoms with Gasteiger partial charge in [0.05, 0.1) is 31.6 Å². The molecule has 2 aromatic rings. The topological polar surface area (TPSA) is 129 Å². The second-order valence-electron chi connectivity index (χ2n) is 7.83. The molecule has 2 aliphatic heterocycles. The lowest BCUT2D eigenvalue weighted by molar-refractivity contribution is 0.0985. The predicted molar refractivity (Wildman–Crippen MR) is 113 cm³/mol. The number of hydrogen-bond donors (Lipinski definition) is 1. The quantitative estimate of drug-likeness (QED) is 0.701. The minimum absolute atomic E-state index is 0.0447. The van der Waals surface area contributed by atoms with Gasteiger partial charge >= 0.3 is 0 Å². The van der Waals surface area contributed by atoms with Gasteiger partial charge in [-0.15, -0.1) is 0 Å². The zero-order valence-electron chi connectivity index (χ0n) is 17.6. The Morgan fingerprint density at radius 3 is 2.68 bits per heavy atom. The van der Waals surface area contributed by atoms with Crippen molar-refractivity contribution in [1.29, 1.82) is 5.26 Å². The highest BCUT2D eigenvalue weighted by Gasteiger charge is 2.31. The molecule has 166 valence electrons. The van der Waals surface area contributed by atoms with Crippen molar-refractivity contribution >= 4 is 21.8 Å². The van der Waals surface area contributed by atoms with Crippen LogP contribution in [0.15, 0.2) is 23.5 Å². The zero-order chi connectivity index (χ0) is 22.0. The van der Waals surface area contributed by atoms with Crippen LogP contribution in [0.5, 0.6) is 0 Å². The van der Waals surface area contributed by atoms with Crippen molar-refractivity contribution in [2.45, 2.75) is 36.7 Å². The molecule has 0 amide bonds. The van der Waals surface area contributed by atoms with E-state index >= 15 is 0 Å². The van der Waals surface area contributed by atoms with Crippen LogP contribution in [0.3, 0.4) is 0 Å². The third-order valence-corrected chi connectivity index (χ3v) is 7.49. The Morgan fingerprint density at radius 1 is 1.26 bits per heavy atom. The molecule has 31 heavy (non-hydrogen) atoms. The summed E-state index contributed by atoms with van der Waals surface area (Å²) < 4.78 is 34.0. The molecular weight excluding hydrogens is 420 g/mol. The molecule has 2 fully saturated rings. The Kier molecular flexibility index (Phi) is 6.08. The standard InChI is InChI=1S/C19H26N8O3S/c1-14-13-30-8-7-27(14)18-15(9-20)10-21-19(24-18)23-16-3-5-26(6-4-16)31(28,29)17-11-22-25(2)12-17/h10-12,14,16H,3-8,13H2,1-2H3,(H,21,23,24)/t14-/m0/s1. The normalized spacial score (nSPS) is 21.1. The monoisotopic (exact) mass is 446 g/mol. The average molecular weight is 447 g/mol. The van der Waals surface area contributed by atoms with E-state index < -0.39 is 10.0 Å². The van der Waals surface area contributed by atoms with E-state index in [0.29, 0.717) is 63.0 Å². The molecule has 2 aromatic heterocycles. The lowest BCUT2D eigenvalue weighted by atomic mass is 10.1. The number of nitriles is 1. The molecule has 1 N–H and O–H groups in total. The van der Waals surface area contributed by atoms with Crippen LogP contribution in [0.1, 0.15) is 25.3 Å². The maximum Gasteiger partial charge on any atom is 0.246 e. The van der Waals surface area contributed by atoms with Crippen LogP contribution in [-0.4, -0.2) is 77.4 Å². The van der Waals surface area contributed by atoms with E-state index in [9.17, 15) is 13.7 Å². The van der Waals surface area contributed by atoms with E-state index in [1.165, 1.54) is 27.6 Å². The predicted octanol–water partition coefficient (Wildman–Crippen LogP) is 0.572. The first-order valence-corrected chi connectivity index (χ1v) is 11.7. The van der Waals surface area contributed by atoms with Gasteiger partial charge in [0, 0.05) is 38.9 Å². The van der Waals surface area contributed by atoms with Gasteiger partial charge in [-0.25, -0.2) is 13.4 Å². The summed E-state index contributed by atoms with van der Waals surface area (Å²) in [7, 11) is -1.84. The van der Waals surface area contributed by atoms with Crippen molar-refractivity contribution in [1.82, 2.24) is 24.1 Å². The van der Waals surface area contributed by atoms with Gasteiger partial charge in [0.2, 0.25) is 16.0 Å². The molecule has 0 radical (unpaired) electrons. The van der Waals surface area contributed by atoms with Crippen LogP contribution in [0.25, 0.3) is 0 Å². The van der Waals surface area contributed by atoms with Crippen LogP contribution in [0.4, 0.5) is 11.8 Å². The molecule has 0 unspecified atom stereocenters. The molecule has 4 rings (SSSR count). The smallest absolute Gasteiger partial charge is 0.246 e. The van der Waals surface area contributed by atoms with Crippen LogP contribution >= 0.6 is 0 Å². The number of nitrogens with zero attached hydrogens (tertiary/aromatic N) is 7. The third-order valence-electron chi connectivity index (χ3n) is 5.63. The number of nitrogens with one attached hydrogen (secondary N) is 1. The number of aryl methyl sites for hydroxylation is 1. The van der Waals surface area contributed by atoms with Crippen LogP contribution < -0.4 is 10.2 Å². The van der Waals surface area contributed by atoms with Gasteiger partial charge in [0.15, 0.2) is 5.82 Å². The number of morpholine rings is 1. The first kappa shape index (κ1) is 21.5. The minimum Gasteiger partial charge on any atom is -0.377 e. The van der Waals surface area contributed by atoms with E-state index in [-0.39, 0.29) is 17.0 Å². The maximum absolute atomic E-state index is 12.8. The van der Waals surface area contributed by atoms with Crippen molar-refractivity contribution in [3.05, 3.63) is 24.2 Å². The van der Waals surface area contributed by atoms with Gasteiger partial charge in [-0.1, -0.05) is 0 Å². The molecule has 12 heteroatoms. The molecule has 0 bridgehead atoms. The molecule has 11 nitrogen and oxygen atoms in total. The van der Waals surface area contributed by atoms with Crippen molar-refractivity contribution in [2.24, 2.45) is 7.05 Å². The summed E-state index contributed by atoms with van der Waals surface area (Å²) in [5.74, 6) is 1.05. The van der Waals surface area contributed by atoms with Gasteiger partial charge in [-0.05, 0) is 19.8 Å². The average Bonchev–Trinajstić information content (AvgIpc) is 3.22. The van der Waals surface area contributed by atoms with Gasteiger partial charge in [-0.3, -0.25) is 4.68 Å². The van der Waals surface area contributed by atoms with E-state index in [1.807, 2.05) is 6.92 Å².